The van der Waals surface area contributed by atoms with Crippen LogP contribution in [0, 0.1) is 10.1 Å². The Morgan fingerprint density at radius 2 is 1.46 bits per heavy atom. The summed E-state index contributed by atoms with van der Waals surface area (Å²) in [6.07, 6.45) is 0. The zero-order chi connectivity index (χ0) is 18.5. The minimum absolute atomic E-state index is 0.000984. The number of non-ortho nitro benzene ring substituents is 1. The fourth-order valence-corrected chi connectivity index (χ4v) is 2.73. The van der Waals surface area contributed by atoms with Gasteiger partial charge in [0.2, 0.25) is 5.91 Å². The molecule has 0 fully saturated rings. The van der Waals surface area contributed by atoms with Crippen LogP contribution in [0.1, 0.15) is 17.0 Å². The Labute approximate surface area is 149 Å². The smallest absolute Gasteiger partial charge is 0.271 e. The second-order valence-electron chi connectivity index (χ2n) is 5.70. The lowest BCUT2D eigenvalue weighted by atomic mass is 9.90. The normalized spacial score (nSPS) is 10.5. The van der Waals surface area contributed by atoms with Gasteiger partial charge in [0.05, 0.1) is 16.5 Å². The second-order valence-corrected chi connectivity index (χ2v) is 5.70. The summed E-state index contributed by atoms with van der Waals surface area (Å²) in [6.45, 7) is 0. The highest BCUT2D eigenvalue weighted by Gasteiger charge is 2.24. The summed E-state index contributed by atoms with van der Waals surface area (Å²) in [6, 6.07) is 21.9. The van der Waals surface area contributed by atoms with E-state index in [1.54, 1.807) is 0 Å². The maximum absolute atomic E-state index is 13.0. The van der Waals surface area contributed by atoms with Gasteiger partial charge in [-0.2, -0.15) is 0 Å². The van der Waals surface area contributed by atoms with Crippen molar-refractivity contribution in [3.8, 4) is 5.75 Å². The van der Waals surface area contributed by atoms with Gasteiger partial charge >= 0.3 is 0 Å². The Morgan fingerprint density at radius 3 is 1.96 bits per heavy atom. The standard InChI is InChI=1S/C20H16N2O4/c23-18-12-11-16(22(25)26)13-17(18)21-20(24)19(14-7-3-1-4-8-14)15-9-5-2-6-10-15/h1-13,19,23H,(H,21,24). The number of carbonyl (C=O) groups excluding carboxylic acids is 1. The van der Waals surface area contributed by atoms with Gasteiger partial charge in [0.15, 0.2) is 0 Å². The molecule has 3 aromatic carbocycles. The summed E-state index contributed by atoms with van der Waals surface area (Å²) in [7, 11) is 0. The van der Waals surface area contributed by atoms with Gasteiger partial charge in [-0.25, -0.2) is 0 Å². The Hall–Kier alpha value is -3.67. The molecule has 0 aliphatic rings. The van der Waals surface area contributed by atoms with E-state index in [-0.39, 0.29) is 17.1 Å². The van der Waals surface area contributed by atoms with Crippen LogP contribution in [0.5, 0.6) is 5.75 Å². The zero-order valence-electron chi connectivity index (χ0n) is 13.7. The van der Waals surface area contributed by atoms with Gasteiger partial charge in [-0.15, -0.1) is 0 Å². The van der Waals surface area contributed by atoms with Crippen molar-refractivity contribution in [1.82, 2.24) is 0 Å². The van der Waals surface area contributed by atoms with Crippen LogP contribution in [0.4, 0.5) is 11.4 Å². The van der Waals surface area contributed by atoms with Crippen molar-refractivity contribution in [2.45, 2.75) is 5.92 Å². The van der Waals surface area contributed by atoms with Gasteiger partial charge in [0, 0.05) is 12.1 Å². The molecule has 1 amide bonds. The Balaban J connectivity index is 1.97. The molecule has 0 saturated carbocycles. The first-order valence-corrected chi connectivity index (χ1v) is 7.94. The number of nitro benzene ring substituents is 1. The topological polar surface area (TPSA) is 92.5 Å². The zero-order valence-corrected chi connectivity index (χ0v) is 13.7. The highest BCUT2D eigenvalue weighted by Crippen LogP contribution is 2.31. The lowest BCUT2D eigenvalue weighted by Gasteiger charge is -2.18. The average Bonchev–Trinajstić information content (AvgIpc) is 2.65. The molecule has 0 spiro atoms. The molecule has 3 rings (SSSR count). The number of nitro groups is 1. The van der Waals surface area contributed by atoms with E-state index in [4.69, 9.17) is 0 Å². The molecular formula is C20H16N2O4. The molecule has 3 aromatic rings. The number of hydrogen-bond donors (Lipinski definition) is 2. The van der Waals surface area contributed by atoms with Crippen molar-refractivity contribution < 1.29 is 14.8 Å². The number of nitrogens with zero attached hydrogens (tertiary/aromatic N) is 1. The van der Waals surface area contributed by atoms with Gasteiger partial charge in [0.1, 0.15) is 5.75 Å². The van der Waals surface area contributed by atoms with Crippen LogP contribution >= 0.6 is 0 Å². The van der Waals surface area contributed by atoms with Crippen molar-refractivity contribution >= 4 is 17.3 Å². The largest absolute Gasteiger partial charge is 0.506 e. The van der Waals surface area contributed by atoms with E-state index in [0.29, 0.717) is 0 Å². The van der Waals surface area contributed by atoms with Crippen LogP contribution < -0.4 is 5.32 Å². The van der Waals surface area contributed by atoms with Gasteiger partial charge in [-0.1, -0.05) is 60.7 Å². The maximum atomic E-state index is 13.0. The lowest BCUT2D eigenvalue weighted by molar-refractivity contribution is -0.384. The molecule has 0 radical (unpaired) electrons. The molecule has 26 heavy (non-hydrogen) atoms. The highest BCUT2D eigenvalue weighted by atomic mass is 16.6. The van der Waals surface area contributed by atoms with Crippen molar-refractivity contribution in [1.29, 1.82) is 0 Å². The van der Waals surface area contributed by atoms with Crippen LogP contribution in [-0.2, 0) is 4.79 Å². The lowest BCUT2D eigenvalue weighted by Crippen LogP contribution is -2.22. The third-order valence-electron chi connectivity index (χ3n) is 3.98. The van der Waals surface area contributed by atoms with E-state index < -0.39 is 16.7 Å². The molecule has 2 N–H and O–H groups in total. The summed E-state index contributed by atoms with van der Waals surface area (Å²) in [4.78, 5) is 23.3. The first-order chi connectivity index (χ1) is 12.6. The monoisotopic (exact) mass is 348 g/mol. The van der Waals surface area contributed by atoms with Gasteiger partial charge < -0.3 is 10.4 Å². The van der Waals surface area contributed by atoms with Gasteiger partial charge in [0.25, 0.3) is 5.69 Å². The molecule has 0 aliphatic carbocycles. The highest BCUT2D eigenvalue weighted by molar-refractivity contribution is 5.99. The molecular weight excluding hydrogens is 332 g/mol. The predicted octanol–water partition coefficient (Wildman–Crippen LogP) is 4.07. The third-order valence-corrected chi connectivity index (χ3v) is 3.98. The van der Waals surface area contributed by atoms with E-state index in [1.165, 1.54) is 12.1 Å². The Bertz CT molecular complexity index is 888. The summed E-state index contributed by atoms with van der Waals surface area (Å²) in [5.74, 6) is -1.24. The summed E-state index contributed by atoms with van der Waals surface area (Å²) in [5, 5.41) is 23.5. The van der Waals surface area contributed by atoms with Gasteiger partial charge in [-0.3, -0.25) is 14.9 Å². The van der Waals surface area contributed by atoms with E-state index in [0.717, 1.165) is 17.2 Å². The van der Waals surface area contributed by atoms with E-state index in [2.05, 4.69) is 5.32 Å². The van der Waals surface area contributed by atoms with Crippen LogP contribution in [0.3, 0.4) is 0 Å². The van der Waals surface area contributed by atoms with E-state index in [9.17, 15) is 20.0 Å². The molecule has 130 valence electrons. The van der Waals surface area contributed by atoms with Crippen molar-refractivity contribution in [3.63, 3.8) is 0 Å². The molecule has 0 aromatic heterocycles. The SMILES string of the molecule is O=C(Nc1cc([N+](=O)[O-])ccc1O)C(c1ccccc1)c1ccccc1. The molecule has 0 unspecified atom stereocenters. The van der Waals surface area contributed by atoms with Crippen molar-refractivity contribution in [3.05, 3.63) is 100 Å². The molecule has 6 heteroatoms. The number of phenols is 1. The number of carbonyl (C=O) groups is 1. The minimum atomic E-state index is -0.615. The van der Waals surface area contributed by atoms with Crippen molar-refractivity contribution in [2.24, 2.45) is 0 Å². The molecule has 0 heterocycles. The minimum Gasteiger partial charge on any atom is -0.506 e. The number of hydrogen-bond acceptors (Lipinski definition) is 4. The fraction of sp³-hybridized carbons (Fsp3) is 0.0500. The van der Waals surface area contributed by atoms with E-state index >= 15 is 0 Å². The van der Waals surface area contributed by atoms with Crippen LogP contribution in [0.25, 0.3) is 0 Å². The molecule has 0 aliphatic heterocycles. The summed E-state index contributed by atoms with van der Waals surface area (Å²) in [5.41, 5.74) is 1.34. The number of nitrogens with one attached hydrogen (secondary N) is 1. The Kier molecular flexibility index (Phi) is 4.94. The average molecular weight is 348 g/mol. The quantitative estimate of drug-likeness (QED) is 0.413. The van der Waals surface area contributed by atoms with Crippen LogP contribution in [-0.4, -0.2) is 15.9 Å². The first-order valence-electron chi connectivity index (χ1n) is 7.94. The number of amides is 1. The molecule has 6 nitrogen and oxygen atoms in total. The van der Waals surface area contributed by atoms with Crippen LogP contribution in [0.2, 0.25) is 0 Å². The number of benzene rings is 3. The second kappa shape index (κ2) is 7.48. The number of aromatic hydroxyl groups is 1. The third kappa shape index (κ3) is 3.70. The first kappa shape index (κ1) is 17.2. The molecule has 0 atom stereocenters. The predicted molar refractivity (Wildman–Crippen MR) is 98.1 cm³/mol. The molecule has 0 bridgehead atoms. The number of anilines is 1. The summed E-state index contributed by atoms with van der Waals surface area (Å²) >= 11 is 0. The fourth-order valence-electron chi connectivity index (χ4n) is 2.73. The number of phenolic OH excluding ortho intramolecular Hbond substituents is 1. The number of rotatable bonds is 5. The summed E-state index contributed by atoms with van der Waals surface area (Å²) < 4.78 is 0. The van der Waals surface area contributed by atoms with Crippen LogP contribution in [0.15, 0.2) is 78.9 Å². The molecule has 0 saturated heterocycles. The maximum Gasteiger partial charge on any atom is 0.271 e. The van der Waals surface area contributed by atoms with Crippen molar-refractivity contribution in [2.75, 3.05) is 5.32 Å². The van der Waals surface area contributed by atoms with E-state index in [1.807, 2.05) is 60.7 Å². The van der Waals surface area contributed by atoms with Gasteiger partial charge in [-0.05, 0) is 17.2 Å². The Morgan fingerprint density at radius 1 is 0.923 bits per heavy atom.